The molecule has 0 atom stereocenters. The molecule has 0 aromatic heterocycles. The second kappa shape index (κ2) is 9.94. The molecule has 0 aliphatic carbocycles. The molecular weight excluding hydrogens is 518 g/mol. The lowest BCUT2D eigenvalue weighted by Crippen LogP contribution is -2.26. The van der Waals surface area contributed by atoms with Crippen LogP contribution in [0.2, 0.25) is 0 Å². The molecule has 0 radical (unpaired) electrons. The highest BCUT2D eigenvalue weighted by atomic mass is 79.9. The first kappa shape index (κ1) is 19.9. The van der Waals surface area contributed by atoms with Crippen LogP contribution >= 0.6 is 47.8 Å². The van der Waals surface area contributed by atoms with Crippen LogP contribution in [0.25, 0.3) is 0 Å². The summed E-state index contributed by atoms with van der Waals surface area (Å²) in [5.74, 6) is 0.558. The SMILES string of the molecule is CCOc1ccc(C=NNC(=O)CNc2c(Br)cc(Br)cc2Br)cc1. The molecule has 0 bridgehead atoms. The zero-order valence-corrected chi connectivity index (χ0v) is 18.1. The normalized spacial score (nSPS) is 10.7. The molecule has 0 aliphatic rings. The number of halogens is 3. The van der Waals surface area contributed by atoms with Crippen molar-refractivity contribution in [3.63, 3.8) is 0 Å². The maximum Gasteiger partial charge on any atom is 0.259 e. The number of amides is 1. The third-order valence-electron chi connectivity index (χ3n) is 3.03. The first-order valence-corrected chi connectivity index (χ1v) is 9.80. The molecule has 0 saturated heterocycles. The molecule has 0 aliphatic heterocycles. The van der Waals surface area contributed by atoms with Gasteiger partial charge in [0.15, 0.2) is 0 Å². The summed E-state index contributed by atoms with van der Waals surface area (Å²) in [4.78, 5) is 11.9. The fourth-order valence-electron chi connectivity index (χ4n) is 1.91. The second-order valence-corrected chi connectivity index (χ2v) is 7.52. The van der Waals surface area contributed by atoms with E-state index in [1.807, 2.05) is 43.3 Å². The Morgan fingerprint density at radius 2 is 1.80 bits per heavy atom. The van der Waals surface area contributed by atoms with Gasteiger partial charge in [0.1, 0.15) is 5.75 Å². The van der Waals surface area contributed by atoms with Crippen LogP contribution in [0.15, 0.2) is 54.9 Å². The van der Waals surface area contributed by atoms with Gasteiger partial charge in [-0.05, 0) is 80.7 Å². The molecule has 2 aromatic carbocycles. The summed E-state index contributed by atoms with van der Waals surface area (Å²) >= 11 is 10.3. The first-order chi connectivity index (χ1) is 12.0. The molecule has 0 saturated carbocycles. The van der Waals surface area contributed by atoms with Crippen LogP contribution < -0.4 is 15.5 Å². The van der Waals surface area contributed by atoms with Crippen molar-refractivity contribution in [1.82, 2.24) is 5.43 Å². The lowest BCUT2D eigenvalue weighted by molar-refractivity contribution is -0.119. The Labute approximate surface area is 171 Å². The van der Waals surface area contributed by atoms with Crippen molar-refractivity contribution in [1.29, 1.82) is 0 Å². The molecular formula is C17H16Br3N3O2. The van der Waals surface area contributed by atoms with Gasteiger partial charge in [0.2, 0.25) is 0 Å². The van der Waals surface area contributed by atoms with Crippen molar-refractivity contribution in [3.8, 4) is 5.75 Å². The molecule has 0 heterocycles. The summed E-state index contributed by atoms with van der Waals surface area (Å²) in [6.07, 6.45) is 1.58. The molecule has 2 rings (SSSR count). The minimum absolute atomic E-state index is 0.0967. The number of rotatable bonds is 7. The van der Waals surface area contributed by atoms with Crippen LogP contribution in [0.3, 0.4) is 0 Å². The third-order valence-corrected chi connectivity index (χ3v) is 4.74. The Hall–Kier alpha value is -1.38. The van der Waals surface area contributed by atoms with Crippen molar-refractivity contribution < 1.29 is 9.53 Å². The molecule has 0 unspecified atom stereocenters. The lowest BCUT2D eigenvalue weighted by Gasteiger charge is -2.10. The monoisotopic (exact) mass is 531 g/mol. The standard InChI is InChI=1S/C17H16Br3N3O2/c1-2-25-13-5-3-11(4-6-13)9-22-23-16(24)10-21-17-14(19)7-12(18)8-15(17)20/h3-9,21H,2,10H2,1H3,(H,23,24). The number of hydrazone groups is 1. The third kappa shape index (κ3) is 6.45. The van der Waals surface area contributed by atoms with Gasteiger partial charge >= 0.3 is 0 Å². The predicted octanol–water partition coefficient (Wildman–Crippen LogP) is 4.94. The molecule has 0 spiro atoms. The number of benzene rings is 2. The summed E-state index contributed by atoms with van der Waals surface area (Å²) in [5.41, 5.74) is 4.16. The Morgan fingerprint density at radius 3 is 2.40 bits per heavy atom. The Bertz CT molecular complexity index is 741. The van der Waals surface area contributed by atoms with Gasteiger partial charge in [0, 0.05) is 13.4 Å². The zero-order valence-electron chi connectivity index (χ0n) is 13.4. The van der Waals surface area contributed by atoms with Gasteiger partial charge < -0.3 is 10.1 Å². The van der Waals surface area contributed by atoms with Crippen molar-refractivity contribution in [3.05, 3.63) is 55.4 Å². The average molecular weight is 534 g/mol. The number of ether oxygens (including phenoxy) is 1. The molecule has 1 amide bonds. The van der Waals surface area contributed by atoms with Crippen LogP contribution in [0.5, 0.6) is 5.75 Å². The van der Waals surface area contributed by atoms with E-state index >= 15 is 0 Å². The number of carbonyl (C=O) groups is 1. The highest BCUT2D eigenvalue weighted by Gasteiger charge is 2.08. The Balaban J connectivity index is 1.84. The van der Waals surface area contributed by atoms with Gasteiger partial charge in [0.05, 0.1) is 25.1 Å². The lowest BCUT2D eigenvalue weighted by atomic mass is 10.2. The smallest absolute Gasteiger partial charge is 0.259 e. The average Bonchev–Trinajstić information content (AvgIpc) is 2.56. The van der Waals surface area contributed by atoms with Crippen LogP contribution in [-0.4, -0.2) is 25.3 Å². The van der Waals surface area contributed by atoms with Gasteiger partial charge in [-0.2, -0.15) is 5.10 Å². The van der Waals surface area contributed by atoms with E-state index in [2.05, 4.69) is 63.6 Å². The van der Waals surface area contributed by atoms with E-state index in [4.69, 9.17) is 4.74 Å². The maximum atomic E-state index is 11.9. The van der Waals surface area contributed by atoms with E-state index < -0.39 is 0 Å². The van der Waals surface area contributed by atoms with Gasteiger partial charge in [-0.25, -0.2) is 5.43 Å². The minimum atomic E-state index is -0.246. The maximum absolute atomic E-state index is 11.9. The highest BCUT2D eigenvalue weighted by molar-refractivity contribution is 9.11. The molecule has 2 N–H and O–H groups in total. The van der Waals surface area contributed by atoms with E-state index in [0.29, 0.717) is 6.61 Å². The summed E-state index contributed by atoms with van der Waals surface area (Å²) in [6.45, 7) is 2.66. The quantitative estimate of drug-likeness (QED) is 0.392. The highest BCUT2D eigenvalue weighted by Crippen LogP contribution is 2.34. The zero-order chi connectivity index (χ0) is 18.2. The van der Waals surface area contributed by atoms with E-state index in [1.165, 1.54) is 0 Å². The Kier molecular flexibility index (Phi) is 7.92. The van der Waals surface area contributed by atoms with Crippen LogP contribution in [-0.2, 0) is 4.79 Å². The van der Waals surface area contributed by atoms with E-state index in [9.17, 15) is 4.79 Å². The van der Waals surface area contributed by atoms with Crippen LogP contribution in [0, 0.1) is 0 Å². The van der Waals surface area contributed by atoms with Gasteiger partial charge in [-0.15, -0.1) is 0 Å². The van der Waals surface area contributed by atoms with Crippen LogP contribution in [0.1, 0.15) is 12.5 Å². The topological polar surface area (TPSA) is 62.7 Å². The summed E-state index contributed by atoms with van der Waals surface area (Å²) in [7, 11) is 0. The van der Waals surface area contributed by atoms with E-state index in [0.717, 1.165) is 30.4 Å². The van der Waals surface area contributed by atoms with Crippen molar-refractivity contribution in [2.24, 2.45) is 5.10 Å². The number of hydrogen-bond donors (Lipinski definition) is 2. The Morgan fingerprint density at radius 1 is 1.16 bits per heavy atom. The van der Waals surface area contributed by atoms with Crippen LogP contribution in [0.4, 0.5) is 5.69 Å². The van der Waals surface area contributed by atoms with Crippen molar-refractivity contribution in [2.45, 2.75) is 6.92 Å². The van der Waals surface area contributed by atoms with Gasteiger partial charge in [-0.3, -0.25) is 4.79 Å². The molecule has 2 aromatic rings. The summed E-state index contributed by atoms with van der Waals surface area (Å²) in [6, 6.07) is 11.3. The molecule has 25 heavy (non-hydrogen) atoms. The fourth-order valence-corrected chi connectivity index (χ4v) is 4.45. The minimum Gasteiger partial charge on any atom is -0.494 e. The largest absolute Gasteiger partial charge is 0.494 e. The number of carbonyl (C=O) groups excluding carboxylic acids is 1. The molecule has 8 heteroatoms. The molecule has 132 valence electrons. The molecule has 0 fully saturated rings. The summed E-state index contributed by atoms with van der Waals surface area (Å²) in [5, 5.41) is 7.01. The number of nitrogens with zero attached hydrogens (tertiary/aromatic N) is 1. The van der Waals surface area contributed by atoms with Crippen molar-refractivity contribution >= 4 is 65.6 Å². The number of hydrogen-bond acceptors (Lipinski definition) is 4. The van der Waals surface area contributed by atoms with Gasteiger partial charge in [-0.1, -0.05) is 15.9 Å². The number of anilines is 1. The first-order valence-electron chi connectivity index (χ1n) is 7.42. The fraction of sp³-hybridized carbons (Fsp3) is 0.176. The van der Waals surface area contributed by atoms with E-state index in [1.54, 1.807) is 6.21 Å². The summed E-state index contributed by atoms with van der Waals surface area (Å²) < 4.78 is 8.00. The number of nitrogens with one attached hydrogen (secondary N) is 2. The van der Waals surface area contributed by atoms with E-state index in [-0.39, 0.29) is 12.5 Å². The van der Waals surface area contributed by atoms with Gasteiger partial charge in [0.25, 0.3) is 5.91 Å². The second-order valence-electron chi connectivity index (χ2n) is 4.89. The van der Waals surface area contributed by atoms with Crippen molar-refractivity contribution in [2.75, 3.05) is 18.5 Å². The molecule has 5 nitrogen and oxygen atoms in total. The predicted molar refractivity (Wildman–Crippen MR) is 111 cm³/mol.